The SMILES string of the molecule is Cc1cc(OCC(=O)NCc2ccc(Cn3ccnc3)cc2)ccc1Cl. The van der Waals surface area contributed by atoms with Gasteiger partial charge in [-0.1, -0.05) is 35.9 Å². The summed E-state index contributed by atoms with van der Waals surface area (Å²) < 4.78 is 7.50. The molecule has 134 valence electrons. The third kappa shape index (κ3) is 5.10. The molecule has 1 N–H and O–H groups in total. The Morgan fingerprint density at radius 3 is 2.65 bits per heavy atom. The van der Waals surface area contributed by atoms with Gasteiger partial charge >= 0.3 is 0 Å². The Bertz CT molecular complexity index is 861. The summed E-state index contributed by atoms with van der Waals surface area (Å²) in [5.74, 6) is 0.464. The molecule has 1 amide bonds. The average Bonchev–Trinajstić information content (AvgIpc) is 3.15. The maximum Gasteiger partial charge on any atom is 0.258 e. The lowest BCUT2D eigenvalue weighted by Gasteiger charge is -2.09. The molecule has 0 unspecified atom stereocenters. The third-order valence-corrected chi connectivity index (χ3v) is 4.36. The zero-order chi connectivity index (χ0) is 18.4. The Morgan fingerprint density at radius 2 is 1.96 bits per heavy atom. The average molecular weight is 370 g/mol. The Morgan fingerprint density at radius 1 is 1.19 bits per heavy atom. The summed E-state index contributed by atoms with van der Waals surface area (Å²) in [6.07, 6.45) is 5.48. The molecule has 0 spiro atoms. The number of nitrogens with zero attached hydrogens (tertiary/aromatic N) is 2. The van der Waals surface area contributed by atoms with E-state index in [1.54, 1.807) is 24.7 Å². The van der Waals surface area contributed by atoms with Crippen molar-refractivity contribution in [3.05, 3.63) is 82.9 Å². The van der Waals surface area contributed by atoms with Gasteiger partial charge in [-0.15, -0.1) is 0 Å². The van der Waals surface area contributed by atoms with Crippen molar-refractivity contribution in [1.82, 2.24) is 14.9 Å². The van der Waals surface area contributed by atoms with E-state index in [1.165, 1.54) is 5.56 Å². The van der Waals surface area contributed by atoms with Crippen LogP contribution in [-0.4, -0.2) is 22.1 Å². The molecule has 3 aromatic rings. The van der Waals surface area contributed by atoms with E-state index in [9.17, 15) is 4.79 Å². The lowest BCUT2D eigenvalue weighted by molar-refractivity contribution is -0.123. The molecule has 0 fully saturated rings. The summed E-state index contributed by atoms with van der Waals surface area (Å²) in [6, 6.07) is 13.4. The molecule has 0 radical (unpaired) electrons. The molecule has 3 rings (SSSR count). The van der Waals surface area contributed by atoms with Crippen LogP contribution in [0, 0.1) is 6.92 Å². The van der Waals surface area contributed by atoms with Crippen LogP contribution in [0.2, 0.25) is 5.02 Å². The van der Waals surface area contributed by atoms with Gasteiger partial charge in [-0.3, -0.25) is 4.79 Å². The zero-order valence-electron chi connectivity index (χ0n) is 14.5. The smallest absolute Gasteiger partial charge is 0.258 e. The topological polar surface area (TPSA) is 56.1 Å². The van der Waals surface area contributed by atoms with Gasteiger partial charge in [0.05, 0.1) is 6.33 Å². The van der Waals surface area contributed by atoms with Crippen molar-refractivity contribution in [2.24, 2.45) is 0 Å². The van der Waals surface area contributed by atoms with Crippen LogP contribution in [-0.2, 0) is 17.9 Å². The van der Waals surface area contributed by atoms with E-state index in [2.05, 4.69) is 22.4 Å². The molecule has 0 aliphatic heterocycles. The van der Waals surface area contributed by atoms with E-state index < -0.39 is 0 Å². The van der Waals surface area contributed by atoms with Gasteiger partial charge in [0.2, 0.25) is 0 Å². The first-order valence-electron chi connectivity index (χ1n) is 8.29. The molecule has 1 aromatic heterocycles. The summed E-state index contributed by atoms with van der Waals surface area (Å²) >= 11 is 5.97. The van der Waals surface area contributed by atoms with Crippen LogP contribution < -0.4 is 10.1 Å². The second-order valence-electron chi connectivity index (χ2n) is 6.03. The van der Waals surface area contributed by atoms with Gasteiger partial charge in [-0.25, -0.2) is 4.98 Å². The van der Waals surface area contributed by atoms with Crippen molar-refractivity contribution < 1.29 is 9.53 Å². The summed E-state index contributed by atoms with van der Waals surface area (Å²) in [5.41, 5.74) is 3.13. The molecule has 1 heterocycles. The maximum absolute atomic E-state index is 11.9. The zero-order valence-corrected chi connectivity index (χ0v) is 15.2. The fourth-order valence-electron chi connectivity index (χ4n) is 2.46. The molecule has 6 heteroatoms. The largest absolute Gasteiger partial charge is 0.484 e. The monoisotopic (exact) mass is 369 g/mol. The van der Waals surface area contributed by atoms with Crippen molar-refractivity contribution in [3.63, 3.8) is 0 Å². The van der Waals surface area contributed by atoms with Gasteiger partial charge in [-0.2, -0.15) is 0 Å². The molecular formula is C20H20ClN3O2. The highest BCUT2D eigenvalue weighted by Gasteiger charge is 2.05. The molecular weight excluding hydrogens is 350 g/mol. The van der Waals surface area contributed by atoms with E-state index in [4.69, 9.17) is 16.3 Å². The van der Waals surface area contributed by atoms with Gasteiger partial charge in [0.15, 0.2) is 6.61 Å². The minimum Gasteiger partial charge on any atom is -0.484 e. The summed E-state index contributed by atoms with van der Waals surface area (Å²) in [5, 5.41) is 3.53. The fourth-order valence-corrected chi connectivity index (χ4v) is 2.58. The van der Waals surface area contributed by atoms with Gasteiger partial charge < -0.3 is 14.6 Å². The van der Waals surface area contributed by atoms with Crippen LogP contribution in [0.1, 0.15) is 16.7 Å². The van der Waals surface area contributed by atoms with Crippen LogP contribution in [0.25, 0.3) is 0 Å². The summed E-state index contributed by atoms with van der Waals surface area (Å²) in [6.45, 7) is 3.11. The molecule has 0 bridgehead atoms. The van der Waals surface area contributed by atoms with Crippen molar-refractivity contribution in [2.45, 2.75) is 20.0 Å². The highest BCUT2D eigenvalue weighted by molar-refractivity contribution is 6.31. The van der Waals surface area contributed by atoms with Gasteiger partial charge in [0, 0.05) is 30.5 Å². The number of hydrogen-bond donors (Lipinski definition) is 1. The molecule has 2 aromatic carbocycles. The van der Waals surface area contributed by atoms with E-state index in [1.807, 2.05) is 35.9 Å². The predicted octanol–water partition coefficient (Wildman–Crippen LogP) is 3.59. The molecule has 0 saturated heterocycles. The Hall–Kier alpha value is -2.79. The number of amides is 1. The number of carbonyl (C=O) groups excluding carboxylic acids is 1. The van der Waals surface area contributed by atoms with Gasteiger partial charge in [0.25, 0.3) is 5.91 Å². The van der Waals surface area contributed by atoms with Crippen molar-refractivity contribution in [3.8, 4) is 5.75 Å². The first-order chi connectivity index (χ1) is 12.6. The molecule has 0 aliphatic carbocycles. The minimum atomic E-state index is -0.167. The molecule has 0 atom stereocenters. The molecule has 0 saturated carbocycles. The fraction of sp³-hybridized carbons (Fsp3) is 0.200. The van der Waals surface area contributed by atoms with E-state index in [-0.39, 0.29) is 12.5 Å². The third-order valence-electron chi connectivity index (χ3n) is 3.94. The Balaban J connectivity index is 1.44. The lowest BCUT2D eigenvalue weighted by atomic mass is 10.1. The molecule has 0 aliphatic rings. The number of nitrogens with one attached hydrogen (secondary N) is 1. The lowest BCUT2D eigenvalue weighted by Crippen LogP contribution is -2.28. The van der Waals surface area contributed by atoms with Gasteiger partial charge in [-0.05, 0) is 41.8 Å². The van der Waals surface area contributed by atoms with Crippen molar-refractivity contribution in [2.75, 3.05) is 6.61 Å². The van der Waals surface area contributed by atoms with Gasteiger partial charge in [0.1, 0.15) is 5.75 Å². The van der Waals surface area contributed by atoms with E-state index in [0.29, 0.717) is 17.3 Å². The highest BCUT2D eigenvalue weighted by Crippen LogP contribution is 2.20. The normalized spacial score (nSPS) is 10.5. The Kier molecular flexibility index (Phi) is 5.92. The predicted molar refractivity (Wildman–Crippen MR) is 101 cm³/mol. The maximum atomic E-state index is 11.9. The van der Waals surface area contributed by atoms with Crippen LogP contribution in [0.5, 0.6) is 5.75 Å². The summed E-state index contributed by atoms with van der Waals surface area (Å²) in [7, 11) is 0. The number of imidazole rings is 1. The number of aromatic nitrogens is 2. The second kappa shape index (κ2) is 8.54. The molecule has 26 heavy (non-hydrogen) atoms. The number of carbonyl (C=O) groups is 1. The molecule has 5 nitrogen and oxygen atoms in total. The van der Waals surface area contributed by atoms with Crippen LogP contribution in [0.3, 0.4) is 0 Å². The van der Waals surface area contributed by atoms with Crippen molar-refractivity contribution in [1.29, 1.82) is 0 Å². The standard InChI is InChI=1S/C20H20ClN3O2/c1-15-10-18(6-7-19(15)21)26-13-20(25)23-11-16-2-4-17(5-3-16)12-24-9-8-22-14-24/h2-10,14H,11-13H2,1H3,(H,23,25). The summed E-state index contributed by atoms with van der Waals surface area (Å²) in [4.78, 5) is 16.0. The van der Waals surface area contributed by atoms with Crippen LogP contribution >= 0.6 is 11.6 Å². The first-order valence-corrected chi connectivity index (χ1v) is 8.67. The number of rotatable bonds is 7. The van der Waals surface area contributed by atoms with Crippen molar-refractivity contribution >= 4 is 17.5 Å². The number of halogens is 1. The van der Waals surface area contributed by atoms with Crippen LogP contribution in [0.15, 0.2) is 61.2 Å². The number of hydrogen-bond acceptors (Lipinski definition) is 3. The number of benzene rings is 2. The first kappa shape index (κ1) is 18.0. The number of ether oxygens (including phenoxy) is 1. The minimum absolute atomic E-state index is 0.0280. The van der Waals surface area contributed by atoms with E-state index >= 15 is 0 Å². The Labute approximate surface area is 157 Å². The van der Waals surface area contributed by atoms with Crippen LogP contribution in [0.4, 0.5) is 0 Å². The quantitative estimate of drug-likeness (QED) is 0.692. The second-order valence-corrected chi connectivity index (χ2v) is 6.44. The number of aryl methyl sites for hydroxylation is 1. The highest BCUT2D eigenvalue weighted by atomic mass is 35.5. The van der Waals surface area contributed by atoms with E-state index in [0.717, 1.165) is 17.7 Å².